The minimum atomic E-state index is -0.268. The molecule has 1 N–H and O–H groups in total. The topological polar surface area (TPSA) is 38.3 Å². The van der Waals surface area contributed by atoms with Crippen LogP contribution in [0.4, 0.5) is 0 Å². The average molecular weight is 263 g/mol. The predicted octanol–water partition coefficient (Wildman–Crippen LogP) is 3.53. The molecule has 0 saturated heterocycles. The molecular weight excluding hydrogens is 238 g/mol. The van der Waals surface area contributed by atoms with E-state index in [1.54, 1.807) is 0 Å². The van der Waals surface area contributed by atoms with E-state index in [0.717, 1.165) is 5.56 Å². The SMILES string of the molecule is CCCCCC(C)NCc1ccccc1C(=O)OC. The first-order valence-corrected chi connectivity index (χ1v) is 7.08. The summed E-state index contributed by atoms with van der Waals surface area (Å²) in [6, 6.07) is 8.06. The Hall–Kier alpha value is -1.35. The van der Waals surface area contributed by atoms with Crippen LogP contribution in [0.1, 0.15) is 55.5 Å². The normalized spacial score (nSPS) is 12.2. The van der Waals surface area contributed by atoms with Crippen molar-refractivity contribution >= 4 is 5.97 Å². The van der Waals surface area contributed by atoms with E-state index in [1.807, 2.05) is 24.3 Å². The van der Waals surface area contributed by atoms with Crippen molar-refractivity contribution in [2.75, 3.05) is 7.11 Å². The number of benzene rings is 1. The van der Waals surface area contributed by atoms with Gasteiger partial charge in [0.15, 0.2) is 0 Å². The molecule has 19 heavy (non-hydrogen) atoms. The highest BCUT2D eigenvalue weighted by Gasteiger charge is 2.11. The minimum Gasteiger partial charge on any atom is -0.465 e. The number of nitrogens with one attached hydrogen (secondary N) is 1. The van der Waals surface area contributed by atoms with Gasteiger partial charge in [-0.3, -0.25) is 0 Å². The van der Waals surface area contributed by atoms with Crippen molar-refractivity contribution in [1.29, 1.82) is 0 Å². The molecule has 1 aromatic rings. The van der Waals surface area contributed by atoms with Gasteiger partial charge in [0, 0.05) is 12.6 Å². The molecule has 106 valence electrons. The molecule has 3 nitrogen and oxygen atoms in total. The third kappa shape index (κ3) is 5.43. The maximum absolute atomic E-state index is 11.6. The van der Waals surface area contributed by atoms with E-state index in [-0.39, 0.29) is 5.97 Å². The summed E-state index contributed by atoms with van der Waals surface area (Å²) < 4.78 is 4.80. The van der Waals surface area contributed by atoms with Gasteiger partial charge >= 0.3 is 5.97 Å². The van der Waals surface area contributed by atoms with Gasteiger partial charge in [0.25, 0.3) is 0 Å². The van der Waals surface area contributed by atoms with E-state index in [2.05, 4.69) is 19.2 Å². The summed E-state index contributed by atoms with van der Waals surface area (Å²) in [7, 11) is 1.42. The predicted molar refractivity (Wildman–Crippen MR) is 78.2 cm³/mol. The van der Waals surface area contributed by atoms with Crippen LogP contribution in [0.3, 0.4) is 0 Å². The molecule has 0 amide bonds. The van der Waals surface area contributed by atoms with Gasteiger partial charge in [-0.15, -0.1) is 0 Å². The lowest BCUT2D eigenvalue weighted by atomic mass is 10.1. The first kappa shape index (κ1) is 15.7. The van der Waals surface area contributed by atoms with E-state index >= 15 is 0 Å². The number of unbranched alkanes of at least 4 members (excludes halogenated alkanes) is 2. The van der Waals surface area contributed by atoms with Gasteiger partial charge in [-0.2, -0.15) is 0 Å². The largest absolute Gasteiger partial charge is 0.465 e. The zero-order valence-corrected chi connectivity index (χ0v) is 12.2. The van der Waals surface area contributed by atoms with E-state index in [0.29, 0.717) is 18.2 Å². The van der Waals surface area contributed by atoms with Crippen molar-refractivity contribution in [3.05, 3.63) is 35.4 Å². The van der Waals surface area contributed by atoms with Crippen molar-refractivity contribution < 1.29 is 9.53 Å². The molecule has 0 radical (unpaired) electrons. The standard InChI is InChI=1S/C16H25NO2/c1-4-5-6-9-13(2)17-12-14-10-7-8-11-15(14)16(18)19-3/h7-8,10-11,13,17H,4-6,9,12H2,1-3H3. The number of hydrogen-bond donors (Lipinski definition) is 1. The van der Waals surface area contributed by atoms with Gasteiger partial charge in [0.1, 0.15) is 0 Å². The van der Waals surface area contributed by atoms with Crippen molar-refractivity contribution in [1.82, 2.24) is 5.32 Å². The van der Waals surface area contributed by atoms with Gasteiger partial charge in [-0.25, -0.2) is 4.79 Å². The van der Waals surface area contributed by atoms with Crippen molar-refractivity contribution in [3.8, 4) is 0 Å². The molecule has 3 heteroatoms. The number of methoxy groups -OCH3 is 1. The molecule has 0 bridgehead atoms. The molecule has 1 unspecified atom stereocenters. The highest BCUT2D eigenvalue weighted by Crippen LogP contribution is 2.11. The molecule has 0 saturated carbocycles. The highest BCUT2D eigenvalue weighted by atomic mass is 16.5. The average Bonchev–Trinajstić information content (AvgIpc) is 2.45. The first-order chi connectivity index (χ1) is 9.19. The molecule has 0 aliphatic carbocycles. The molecule has 0 aliphatic rings. The summed E-state index contributed by atoms with van der Waals surface area (Å²) in [5, 5.41) is 3.47. The van der Waals surface area contributed by atoms with Gasteiger partial charge in [-0.05, 0) is 25.0 Å². The third-order valence-corrected chi connectivity index (χ3v) is 3.30. The smallest absolute Gasteiger partial charge is 0.338 e. The number of hydrogen-bond acceptors (Lipinski definition) is 3. The summed E-state index contributed by atoms with van der Waals surface area (Å²) >= 11 is 0. The van der Waals surface area contributed by atoms with Crippen LogP contribution in [0.2, 0.25) is 0 Å². The second-order valence-corrected chi connectivity index (χ2v) is 4.93. The maximum atomic E-state index is 11.6. The van der Waals surface area contributed by atoms with Crippen molar-refractivity contribution in [3.63, 3.8) is 0 Å². The van der Waals surface area contributed by atoms with Crippen LogP contribution in [-0.2, 0) is 11.3 Å². The Balaban J connectivity index is 2.50. The maximum Gasteiger partial charge on any atom is 0.338 e. The lowest BCUT2D eigenvalue weighted by molar-refractivity contribution is 0.0599. The molecule has 1 aromatic carbocycles. The Morgan fingerprint density at radius 3 is 2.74 bits per heavy atom. The number of esters is 1. The summed E-state index contributed by atoms with van der Waals surface area (Å²) in [4.78, 5) is 11.6. The zero-order valence-electron chi connectivity index (χ0n) is 12.2. The second-order valence-electron chi connectivity index (χ2n) is 4.93. The molecular formula is C16H25NO2. The van der Waals surface area contributed by atoms with Crippen LogP contribution < -0.4 is 5.32 Å². The van der Waals surface area contributed by atoms with Crippen molar-refractivity contribution in [2.24, 2.45) is 0 Å². The monoisotopic (exact) mass is 263 g/mol. The Morgan fingerprint density at radius 2 is 2.05 bits per heavy atom. The Kier molecular flexibility index (Phi) is 7.19. The number of ether oxygens (including phenoxy) is 1. The fraction of sp³-hybridized carbons (Fsp3) is 0.562. The fourth-order valence-corrected chi connectivity index (χ4v) is 2.07. The Labute approximate surface area is 116 Å². The number of rotatable bonds is 8. The van der Waals surface area contributed by atoms with E-state index < -0.39 is 0 Å². The highest BCUT2D eigenvalue weighted by molar-refractivity contribution is 5.90. The summed E-state index contributed by atoms with van der Waals surface area (Å²) in [5.74, 6) is -0.268. The molecule has 0 aliphatic heterocycles. The van der Waals surface area contributed by atoms with Gasteiger partial charge in [0.2, 0.25) is 0 Å². The third-order valence-electron chi connectivity index (χ3n) is 3.30. The van der Waals surface area contributed by atoms with Gasteiger partial charge in [-0.1, -0.05) is 44.4 Å². The summed E-state index contributed by atoms with van der Waals surface area (Å²) in [6.07, 6.45) is 4.96. The lowest BCUT2D eigenvalue weighted by Gasteiger charge is -2.15. The minimum absolute atomic E-state index is 0.268. The number of carbonyl (C=O) groups excluding carboxylic acids is 1. The quantitative estimate of drug-likeness (QED) is 0.576. The van der Waals surface area contributed by atoms with Crippen molar-refractivity contribution in [2.45, 2.75) is 52.1 Å². The van der Waals surface area contributed by atoms with E-state index in [4.69, 9.17) is 4.74 Å². The summed E-state index contributed by atoms with van der Waals surface area (Å²) in [5.41, 5.74) is 1.65. The Bertz CT molecular complexity index is 390. The molecule has 0 spiro atoms. The van der Waals surface area contributed by atoms with Crippen LogP contribution >= 0.6 is 0 Å². The number of carbonyl (C=O) groups is 1. The molecule has 1 rings (SSSR count). The van der Waals surface area contributed by atoms with Gasteiger partial charge < -0.3 is 10.1 Å². The first-order valence-electron chi connectivity index (χ1n) is 7.08. The van der Waals surface area contributed by atoms with Crippen LogP contribution in [0.5, 0.6) is 0 Å². The molecule has 0 heterocycles. The lowest BCUT2D eigenvalue weighted by Crippen LogP contribution is -2.26. The zero-order chi connectivity index (χ0) is 14.1. The van der Waals surface area contributed by atoms with Crippen LogP contribution in [0.15, 0.2) is 24.3 Å². The fourth-order valence-electron chi connectivity index (χ4n) is 2.07. The molecule has 0 fully saturated rings. The van der Waals surface area contributed by atoms with Crippen LogP contribution in [0, 0.1) is 0 Å². The van der Waals surface area contributed by atoms with Gasteiger partial charge in [0.05, 0.1) is 12.7 Å². The summed E-state index contributed by atoms with van der Waals surface area (Å²) in [6.45, 7) is 5.11. The Morgan fingerprint density at radius 1 is 1.32 bits per heavy atom. The second kappa shape index (κ2) is 8.70. The van der Waals surface area contributed by atoms with Crippen LogP contribution in [-0.4, -0.2) is 19.1 Å². The van der Waals surface area contributed by atoms with E-state index in [1.165, 1.54) is 32.8 Å². The van der Waals surface area contributed by atoms with E-state index in [9.17, 15) is 4.79 Å². The molecule has 1 atom stereocenters. The molecule has 0 aromatic heterocycles. The van der Waals surface area contributed by atoms with Crippen LogP contribution in [0.25, 0.3) is 0 Å².